The molecular weight excluding hydrogens is 358 g/mol. The number of nitrogens with zero attached hydrogens (tertiary/aromatic N) is 3. The second-order valence-corrected chi connectivity index (χ2v) is 8.16. The van der Waals surface area contributed by atoms with Gasteiger partial charge in [0.15, 0.2) is 0 Å². The van der Waals surface area contributed by atoms with Gasteiger partial charge >= 0.3 is 6.09 Å². The largest absolute Gasteiger partial charge is 0.444 e. The lowest BCUT2D eigenvalue weighted by atomic mass is 10.1. The van der Waals surface area contributed by atoms with Crippen LogP contribution < -0.4 is 0 Å². The molecule has 0 aliphatic carbocycles. The Morgan fingerprint density at radius 1 is 1.38 bits per heavy atom. The number of ether oxygens (including phenoxy) is 1. The van der Waals surface area contributed by atoms with Crippen molar-refractivity contribution in [1.29, 1.82) is 0 Å². The number of rotatable bonds is 3. The molecule has 8 heteroatoms. The fraction of sp³-hybridized carbons (Fsp3) is 0.611. The summed E-state index contributed by atoms with van der Waals surface area (Å²) < 4.78 is 5.45. The molecule has 1 aliphatic heterocycles. The van der Waals surface area contributed by atoms with Gasteiger partial charge in [0.2, 0.25) is 0 Å². The number of hydrogen-bond acceptors (Lipinski definition) is 5. The van der Waals surface area contributed by atoms with Crippen molar-refractivity contribution in [2.24, 2.45) is 0 Å². The van der Waals surface area contributed by atoms with E-state index in [1.807, 2.05) is 27.7 Å². The van der Waals surface area contributed by atoms with E-state index in [1.54, 1.807) is 17.9 Å². The zero-order valence-corrected chi connectivity index (χ0v) is 16.7. The van der Waals surface area contributed by atoms with E-state index >= 15 is 0 Å². The Morgan fingerprint density at radius 2 is 2.04 bits per heavy atom. The number of carbonyl (C=O) groups excluding carboxylic acids is 1. The number of benzene rings is 1. The summed E-state index contributed by atoms with van der Waals surface area (Å²) >= 11 is 6.05. The first-order chi connectivity index (χ1) is 12.0. The summed E-state index contributed by atoms with van der Waals surface area (Å²) in [7, 11) is 0. The number of nitro groups is 1. The first-order valence-corrected chi connectivity index (χ1v) is 9.01. The van der Waals surface area contributed by atoms with Gasteiger partial charge in [0, 0.05) is 48.9 Å². The molecule has 1 aliphatic rings. The quantitative estimate of drug-likeness (QED) is 0.582. The summed E-state index contributed by atoms with van der Waals surface area (Å²) in [6, 6.07) is 3.14. The van der Waals surface area contributed by atoms with Crippen LogP contribution >= 0.6 is 11.6 Å². The van der Waals surface area contributed by atoms with Crippen LogP contribution in [0.15, 0.2) is 12.1 Å². The third kappa shape index (κ3) is 5.08. The number of amides is 1. The highest BCUT2D eigenvalue weighted by molar-refractivity contribution is 6.30. The summed E-state index contributed by atoms with van der Waals surface area (Å²) in [5.41, 5.74) is 0.974. The van der Waals surface area contributed by atoms with Gasteiger partial charge in [0.1, 0.15) is 5.60 Å². The van der Waals surface area contributed by atoms with Crippen LogP contribution in [0.2, 0.25) is 5.02 Å². The normalized spacial score (nSPS) is 18.7. The van der Waals surface area contributed by atoms with Gasteiger partial charge in [-0.25, -0.2) is 4.79 Å². The lowest BCUT2D eigenvalue weighted by Gasteiger charge is -2.40. The summed E-state index contributed by atoms with van der Waals surface area (Å²) in [6.07, 6.45) is -0.306. The van der Waals surface area contributed by atoms with Crippen molar-refractivity contribution < 1.29 is 14.5 Å². The van der Waals surface area contributed by atoms with Crippen LogP contribution in [0.3, 0.4) is 0 Å². The molecular formula is C18H26ClN3O4. The van der Waals surface area contributed by atoms with E-state index < -0.39 is 10.5 Å². The van der Waals surface area contributed by atoms with E-state index in [0.717, 1.165) is 5.56 Å². The van der Waals surface area contributed by atoms with Crippen molar-refractivity contribution in [3.8, 4) is 0 Å². The number of piperazine rings is 1. The molecule has 1 heterocycles. The maximum atomic E-state index is 12.3. The molecule has 0 spiro atoms. The Balaban J connectivity index is 2.06. The predicted octanol–water partition coefficient (Wildman–Crippen LogP) is 4.00. The fourth-order valence-corrected chi connectivity index (χ4v) is 3.32. The molecule has 1 aromatic carbocycles. The third-order valence-electron chi connectivity index (χ3n) is 4.38. The molecule has 0 radical (unpaired) electrons. The summed E-state index contributed by atoms with van der Waals surface area (Å²) in [5.74, 6) is 0. The maximum Gasteiger partial charge on any atom is 0.410 e. The lowest BCUT2D eigenvalue weighted by Crippen LogP contribution is -2.54. The van der Waals surface area contributed by atoms with Gasteiger partial charge in [0.05, 0.1) is 4.92 Å². The van der Waals surface area contributed by atoms with Crippen LogP contribution in [0.5, 0.6) is 0 Å². The molecule has 0 bridgehead atoms. The second-order valence-electron chi connectivity index (χ2n) is 7.72. The van der Waals surface area contributed by atoms with Crippen molar-refractivity contribution in [1.82, 2.24) is 9.80 Å². The molecule has 26 heavy (non-hydrogen) atoms. The van der Waals surface area contributed by atoms with E-state index in [2.05, 4.69) is 4.90 Å². The van der Waals surface area contributed by atoms with Crippen LogP contribution in [0, 0.1) is 17.0 Å². The standard InChI is InChI=1S/C18H26ClN3O4/c1-12-10-20(6-7-21(12)17(23)26-18(3,4)5)11-14-8-15(19)9-16(13(14)2)22(24)25/h8-9,12H,6-7,10-11H2,1-5H3. The molecule has 0 saturated carbocycles. The molecule has 1 unspecified atom stereocenters. The summed E-state index contributed by atoms with van der Waals surface area (Å²) in [4.78, 5) is 27.0. The van der Waals surface area contributed by atoms with Crippen LogP contribution in [-0.4, -0.2) is 52.1 Å². The summed E-state index contributed by atoms with van der Waals surface area (Å²) in [6.45, 7) is 11.7. The number of hydrogen-bond donors (Lipinski definition) is 0. The fourth-order valence-electron chi connectivity index (χ4n) is 3.08. The molecule has 1 saturated heterocycles. The highest BCUT2D eigenvalue weighted by Crippen LogP contribution is 2.28. The number of halogens is 1. The van der Waals surface area contributed by atoms with Crippen LogP contribution in [0.4, 0.5) is 10.5 Å². The van der Waals surface area contributed by atoms with E-state index in [-0.39, 0.29) is 17.8 Å². The van der Waals surface area contributed by atoms with Gasteiger partial charge in [-0.2, -0.15) is 0 Å². The Labute approximate surface area is 159 Å². The molecule has 0 aromatic heterocycles. The van der Waals surface area contributed by atoms with Gasteiger partial charge in [0.25, 0.3) is 5.69 Å². The monoisotopic (exact) mass is 383 g/mol. The zero-order valence-electron chi connectivity index (χ0n) is 15.9. The minimum Gasteiger partial charge on any atom is -0.444 e. The van der Waals surface area contributed by atoms with Gasteiger partial charge < -0.3 is 9.64 Å². The predicted molar refractivity (Wildman–Crippen MR) is 101 cm³/mol. The van der Waals surface area contributed by atoms with Gasteiger partial charge in [-0.15, -0.1) is 0 Å². The Bertz CT molecular complexity index is 702. The van der Waals surface area contributed by atoms with Gasteiger partial charge in [-0.3, -0.25) is 15.0 Å². The van der Waals surface area contributed by atoms with Crippen LogP contribution in [0.25, 0.3) is 0 Å². The van der Waals surface area contributed by atoms with Crippen molar-refractivity contribution in [2.75, 3.05) is 19.6 Å². The van der Waals surface area contributed by atoms with E-state index in [4.69, 9.17) is 16.3 Å². The van der Waals surface area contributed by atoms with Crippen LogP contribution in [0.1, 0.15) is 38.8 Å². The van der Waals surface area contributed by atoms with E-state index in [9.17, 15) is 14.9 Å². The first kappa shape index (κ1) is 20.5. The summed E-state index contributed by atoms with van der Waals surface area (Å²) in [5, 5.41) is 11.5. The number of nitro benzene ring substituents is 1. The smallest absolute Gasteiger partial charge is 0.410 e. The average Bonchev–Trinajstić information content (AvgIpc) is 2.48. The number of carbonyl (C=O) groups is 1. The van der Waals surface area contributed by atoms with Crippen LogP contribution in [-0.2, 0) is 11.3 Å². The maximum absolute atomic E-state index is 12.3. The highest BCUT2D eigenvalue weighted by atomic mass is 35.5. The molecule has 144 valence electrons. The molecule has 1 fully saturated rings. The Hall–Kier alpha value is -1.86. The molecule has 7 nitrogen and oxygen atoms in total. The highest BCUT2D eigenvalue weighted by Gasteiger charge is 2.31. The Kier molecular flexibility index (Phi) is 6.13. The molecule has 1 atom stereocenters. The first-order valence-electron chi connectivity index (χ1n) is 8.63. The average molecular weight is 384 g/mol. The lowest BCUT2D eigenvalue weighted by molar-refractivity contribution is -0.385. The minimum absolute atomic E-state index is 0.00641. The molecule has 1 amide bonds. The third-order valence-corrected chi connectivity index (χ3v) is 4.60. The molecule has 2 rings (SSSR count). The van der Waals surface area contributed by atoms with Crippen molar-refractivity contribution in [3.63, 3.8) is 0 Å². The second kappa shape index (κ2) is 7.80. The zero-order chi connectivity index (χ0) is 19.6. The van der Waals surface area contributed by atoms with Gasteiger partial charge in [-0.05, 0) is 46.2 Å². The Morgan fingerprint density at radius 3 is 2.58 bits per heavy atom. The topological polar surface area (TPSA) is 75.9 Å². The van der Waals surface area contributed by atoms with Crippen molar-refractivity contribution in [2.45, 2.75) is 52.8 Å². The van der Waals surface area contributed by atoms with Crippen molar-refractivity contribution >= 4 is 23.4 Å². The van der Waals surface area contributed by atoms with Crippen molar-refractivity contribution in [3.05, 3.63) is 38.4 Å². The SMILES string of the molecule is Cc1c(CN2CCN(C(=O)OC(C)(C)C)C(C)C2)cc(Cl)cc1[N+](=O)[O-]. The molecule has 1 aromatic rings. The minimum atomic E-state index is -0.523. The van der Waals surface area contributed by atoms with E-state index in [0.29, 0.717) is 36.8 Å². The van der Waals surface area contributed by atoms with E-state index in [1.165, 1.54) is 6.07 Å². The van der Waals surface area contributed by atoms with Gasteiger partial charge in [-0.1, -0.05) is 11.6 Å². The molecule has 0 N–H and O–H groups in total.